The number of benzene rings is 2. The van der Waals surface area contributed by atoms with Crippen molar-refractivity contribution in [2.45, 2.75) is 12.8 Å². The number of carbonyl (C=O) groups is 3. The molecular weight excluding hydrogens is 346 g/mol. The molecule has 7 heteroatoms. The standard InChI is InChI=1S/C20H21N3O4/c24-18(13-21-19(25)14-27-17-5-2-1-3-6-17)22-15-8-10-16(11-9-15)23-12-4-7-20(23)26/h1-3,5-6,8-11H,4,7,12-14H2,(H,21,25)(H,22,24). The quantitative estimate of drug-likeness (QED) is 0.783. The molecule has 2 aromatic rings. The van der Waals surface area contributed by atoms with Gasteiger partial charge in [0.2, 0.25) is 11.8 Å². The maximum atomic E-state index is 12.0. The summed E-state index contributed by atoms with van der Waals surface area (Å²) in [6, 6.07) is 16.0. The van der Waals surface area contributed by atoms with Crippen LogP contribution in [0.25, 0.3) is 0 Å². The second kappa shape index (κ2) is 8.84. The molecule has 2 aromatic carbocycles. The summed E-state index contributed by atoms with van der Waals surface area (Å²) in [7, 11) is 0. The van der Waals surface area contributed by atoms with E-state index in [0.717, 1.165) is 18.7 Å². The Bertz CT molecular complexity index is 806. The SMILES string of the molecule is O=C(COc1ccccc1)NCC(=O)Nc1ccc(N2CCCC2=O)cc1. The maximum Gasteiger partial charge on any atom is 0.258 e. The van der Waals surface area contributed by atoms with Gasteiger partial charge in [-0.25, -0.2) is 0 Å². The van der Waals surface area contributed by atoms with Crippen molar-refractivity contribution in [3.8, 4) is 5.75 Å². The van der Waals surface area contributed by atoms with E-state index in [2.05, 4.69) is 10.6 Å². The summed E-state index contributed by atoms with van der Waals surface area (Å²) in [5, 5.41) is 5.21. The summed E-state index contributed by atoms with van der Waals surface area (Å²) in [5.41, 5.74) is 1.42. The molecule has 3 amide bonds. The van der Waals surface area contributed by atoms with E-state index in [1.807, 2.05) is 18.2 Å². The van der Waals surface area contributed by atoms with Gasteiger partial charge in [0.05, 0.1) is 6.54 Å². The van der Waals surface area contributed by atoms with E-state index in [4.69, 9.17) is 4.74 Å². The smallest absolute Gasteiger partial charge is 0.258 e. The van der Waals surface area contributed by atoms with Crippen LogP contribution in [0.1, 0.15) is 12.8 Å². The summed E-state index contributed by atoms with van der Waals surface area (Å²) in [6.07, 6.45) is 1.44. The normalized spacial score (nSPS) is 13.3. The van der Waals surface area contributed by atoms with Gasteiger partial charge in [0.1, 0.15) is 5.75 Å². The van der Waals surface area contributed by atoms with Gasteiger partial charge in [-0.05, 0) is 42.8 Å². The number of hydrogen-bond donors (Lipinski definition) is 2. The van der Waals surface area contributed by atoms with Gasteiger partial charge in [-0.15, -0.1) is 0 Å². The molecule has 0 aromatic heterocycles. The Kier molecular flexibility index (Phi) is 6.04. The fourth-order valence-electron chi connectivity index (χ4n) is 2.75. The van der Waals surface area contributed by atoms with Crippen LogP contribution in [-0.2, 0) is 14.4 Å². The minimum absolute atomic E-state index is 0.118. The lowest BCUT2D eigenvalue weighted by Crippen LogP contribution is -2.35. The van der Waals surface area contributed by atoms with Crippen molar-refractivity contribution >= 4 is 29.1 Å². The van der Waals surface area contributed by atoms with Gasteiger partial charge in [-0.1, -0.05) is 18.2 Å². The van der Waals surface area contributed by atoms with Crippen LogP contribution in [0.15, 0.2) is 54.6 Å². The molecule has 1 heterocycles. The predicted octanol–water partition coefficient (Wildman–Crippen LogP) is 1.95. The first kappa shape index (κ1) is 18.4. The van der Waals surface area contributed by atoms with Gasteiger partial charge in [-0.3, -0.25) is 14.4 Å². The summed E-state index contributed by atoms with van der Waals surface area (Å²) >= 11 is 0. The number of amides is 3. The lowest BCUT2D eigenvalue weighted by atomic mass is 10.2. The topological polar surface area (TPSA) is 87.7 Å². The molecule has 140 valence electrons. The largest absolute Gasteiger partial charge is 0.484 e. The lowest BCUT2D eigenvalue weighted by molar-refractivity contribution is -0.125. The van der Waals surface area contributed by atoms with E-state index in [1.165, 1.54) is 0 Å². The van der Waals surface area contributed by atoms with Crippen molar-refractivity contribution in [1.29, 1.82) is 0 Å². The third-order valence-electron chi connectivity index (χ3n) is 4.10. The molecule has 1 aliphatic heterocycles. The Morgan fingerprint density at radius 1 is 1.00 bits per heavy atom. The van der Waals surface area contributed by atoms with Crippen LogP contribution in [0, 0.1) is 0 Å². The Morgan fingerprint density at radius 3 is 2.41 bits per heavy atom. The Morgan fingerprint density at radius 2 is 1.74 bits per heavy atom. The first-order valence-electron chi connectivity index (χ1n) is 8.76. The molecule has 1 aliphatic rings. The van der Waals surface area contributed by atoms with E-state index in [0.29, 0.717) is 17.9 Å². The predicted molar refractivity (Wildman–Crippen MR) is 102 cm³/mol. The molecular formula is C20H21N3O4. The highest BCUT2D eigenvalue weighted by atomic mass is 16.5. The van der Waals surface area contributed by atoms with E-state index >= 15 is 0 Å². The van der Waals surface area contributed by atoms with Crippen LogP contribution >= 0.6 is 0 Å². The Hall–Kier alpha value is -3.35. The summed E-state index contributed by atoms with van der Waals surface area (Å²) in [4.78, 5) is 37.2. The average Bonchev–Trinajstić information content (AvgIpc) is 3.12. The molecule has 1 fully saturated rings. The Balaban J connectivity index is 1.41. The lowest BCUT2D eigenvalue weighted by Gasteiger charge is -2.16. The zero-order chi connectivity index (χ0) is 19.1. The summed E-state index contributed by atoms with van der Waals surface area (Å²) in [5.74, 6) is -0.00847. The molecule has 0 bridgehead atoms. The second-order valence-electron chi connectivity index (χ2n) is 6.12. The van der Waals surface area contributed by atoms with Crippen LogP contribution in [0.2, 0.25) is 0 Å². The van der Waals surface area contributed by atoms with Gasteiger partial charge < -0.3 is 20.3 Å². The minimum Gasteiger partial charge on any atom is -0.484 e. The number of ether oxygens (including phenoxy) is 1. The van der Waals surface area contributed by atoms with Crippen molar-refractivity contribution in [3.63, 3.8) is 0 Å². The van der Waals surface area contributed by atoms with E-state index in [9.17, 15) is 14.4 Å². The molecule has 0 unspecified atom stereocenters. The van der Waals surface area contributed by atoms with Crippen molar-refractivity contribution in [3.05, 3.63) is 54.6 Å². The number of nitrogens with one attached hydrogen (secondary N) is 2. The highest BCUT2D eigenvalue weighted by Crippen LogP contribution is 2.22. The molecule has 1 saturated heterocycles. The molecule has 0 radical (unpaired) electrons. The minimum atomic E-state index is -0.378. The van der Waals surface area contributed by atoms with Crippen LogP contribution in [-0.4, -0.2) is 37.4 Å². The van der Waals surface area contributed by atoms with Gasteiger partial charge in [0, 0.05) is 24.3 Å². The first-order chi connectivity index (χ1) is 13.1. The number of anilines is 2. The van der Waals surface area contributed by atoms with Gasteiger partial charge in [-0.2, -0.15) is 0 Å². The first-order valence-corrected chi connectivity index (χ1v) is 8.76. The molecule has 3 rings (SSSR count). The van der Waals surface area contributed by atoms with Gasteiger partial charge in [0.25, 0.3) is 5.91 Å². The van der Waals surface area contributed by atoms with Crippen molar-refractivity contribution < 1.29 is 19.1 Å². The van der Waals surface area contributed by atoms with E-state index in [-0.39, 0.29) is 30.9 Å². The Labute approximate surface area is 157 Å². The molecule has 7 nitrogen and oxygen atoms in total. The van der Waals surface area contributed by atoms with Crippen LogP contribution < -0.4 is 20.3 Å². The van der Waals surface area contributed by atoms with Crippen molar-refractivity contribution in [2.75, 3.05) is 29.9 Å². The number of para-hydroxylation sites is 1. The zero-order valence-electron chi connectivity index (χ0n) is 14.8. The molecule has 0 spiro atoms. The zero-order valence-corrected chi connectivity index (χ0v) is 14.8. The van der Waals surface area contributed by atoms with Crippen molar-refractivity contribution in [2.24, 2.45) is 0 Å². The summed E-state index contributed by atoms with van der Waals surface area (Å²) in [6.45, 7) is 0.417. The van der Waals surface area contributed by atoms with Gasteiger partial charge >= 0.3 is 0 Å². The fourth-order valence-corrected chi connectivity index (χ4v) is 2.75. The highest BCUT2D eigenvalue weighted by Gasteiger charge is 2.21. The average molecular weight is 367 g/mol. The van der Waals surface area contributed by atoms with E-state index in [1.54, 1.807) is 41.3 Å². The third kappa shape index (κ3) is 5.31. The molecule has 0 saturated carbocycles. The number of hydrogen-bond acceptors (Lipinski definition) is 4. The molecule has 2 N–H and O–H groups in total. The second-order valence-corrected chi connectivity index (χ2v) is 6.12. The van der Waals surface area contributed by atoms with Crippen molar-refractivity contribution in [1.82, 2.24) is 5.32 Å². The van der Waals surface area contributed by atoms with Gasteiger partial charge in [0.15, 0.2) is 6.61 Å². The van der Waals surface area contributed by atoms with Crippen LogP contribution in [0.5, 0.6) is 5.75 Å². The monoisotopic (exact) mass is 367 g/mol. The molecule has 27 heavy (non-hydrogen) atoms. The van der Waals surface area contributed by atoms with Crippen LogP contribution in [0.4, 0.5) is 11.4 Å². The fraction of sp³-hybridized carbons (Fsp3) is 0.250. The summed E-state index contributed by atoms with van der Waals surface area (Å²) < 4.78 is 5.31. The van der Waals surface area contributed by atoms with Crippen LogP contribution in [0.3, 0.4) is 0 Å². The maximum absolute atomic E-state index is 12.0. The third-order valence-corrected chi connectivity index (χ3v) is 4.10. The number of nitrogens with zero attached hydrogens (tertiary/aromatic N) is 1. The molecule has 0 aliphatic carbocycles. The number of carbonyl (C=O) groups excluding carboxylic acids is 3. The molecule has 0 atom stereocenters. The number of rotatable bonds is 7. The highest BCUT2D eigenvalue weighted by molar-refractivity contribution is 5.97. The van der Waals surface area contributed by atoms with E-state index < -0.39 is 0 Å².